The van der Waals surface area contributed by atoms with Crippen molar-refractivity contribution in [2.75, 3.05) is 82.7 Å². The first-order chi connectivity index (χ1) is 64.3. The lowest BCUT2D eigenvalue weighted by Gasteiger charge is -2.37. The molecule has 4 aliphatic rings. The number of amides is 7. The molecule has 0 saturated heterocycles. The minimum atomic E-state index is -2.17. The SMILES string of the molecule is CN(C)c1ccc2c(c1)OC1=C(C=CC(=[N+](C)C)C1)C2c1ccc(C(=O)NCCCC[C@H](CC(=O)[C@@H](CCC(=O)NC[C@H](O)[C@@H](O)[C@H](O)[C@H](O)CO)NC(=O)[C@@H](CCC(=O)O)CC(=O)[C@@H](CCC(=O)NC[C@H](O)[C@@H](O)[C@H](O)[C@H](O)CO)NC(=O)[C@@H](CCC(=O)O)CC(=O)c2cccc(NC(=O)N[C@@H]3CN(C4CCCCC4)c4ccccc4C(CC(=O)C(C)(C)C)C3=O)c2)C(=O)O)cc1C(=O)O. The quantitative estimate of drug-likeness (QED) is 0.0171. The van der Waals surface area contributed by atoms with Gasteiger partial charge in [-0.3, -0.25) is 62.3 Å². The zero-order valence-electron chi connectivity index (χ0n) is 77.3. The Hall–Kier alpha value is -12.1. The summed E-state index contributed by atoms with van der Waals surface area (Å²) in [6.45, 7) is 1.40. The van der Waals surface area contributed by atoms with Crippen molar-refractivity contribution < 1.29 is 153 Å². The van der Waals surface area contributed by atoms with E-state index in [0.717, 1.165) is 54.8 Å². The number of nitrogens with one attached hydrogen (secondary N) is 7. The summed E-state index contributed by atoms with van der Waals surface area (Å²) in [4.78, 5) is 213. The molecule has 40 nitrogen and oxygen atoms in total. The molecule has 136 heavy (non-hydrogen) atoms. The molecule has 4 aromatic carbocycles. The number of aliphatic carboxylic acids is 3. The maximum absolute atomic E-state index is 15.1. The Morgan fingerprint density at radius 3 is 1.68 bits per heavy atom. The van der Waals surface area contributed by atoms with Crippen LogP contribution in [-0.4, -0.2) is 311 Å². The highest BCUT2D eigenvalue weighted by molar-refractivity contribution is 6.05. The maximum Gasteiger partial charge on any atom is 0.336 e. The molecule has 0 radical (unpaired) electrons. The molecule has 21 N–H and O–H groups in total. The van der Waals surface area contributed by atoms with E-state index in [4.69, 9.17) is 4.74 Å². The van der Waals surface area contributed by atoms with Crippen molar-refractivity contribution in [2.45, 2.75) is 240 Å². The topological polar surface area (TPSA) is 642 Å². The van der Waals surface area contributed by atoms with Crippen molar-refractivity contribution in [1.29, 1.82) is 0 Å². The van der Waals surface area contributed by atoms with E-state index >= 15 is 4.79 Å². The summed E-state index contributed by atoms with van der Waals surface area (Å²) in [5, 5.41) is 160. The third kappa shape index (κ3) is 30.9. The summed E-state index contributed by atoms with van der Waals surface area (Å²) in [5.74, 6) is -20.3. The van der Waals surface area contributed by atoms with E-state index in [1.165, 1.54) is 36.4 Å². The summed E-state index contributed by atoms with van der Waals surface area (Å²) < 4.78 is 8.43. The van der Waals surface area contributed by atoms with Gasteiger partial charge in [0, 0.05) is 172 Å². The van der Waals surface area contributed by atoms with Gasteiger partial charge in [-0.05, 0) is 105 Å². The molecule has 1 saturated carbocycles. The lowest BCUT2D eigenvalue weighted by atomic mass is 9.77. The number of ketones is 5. The molecule has 7 amide bonds. The van der Waals surface area contributed by atoms with Crippen LogP contribution in [0.3, 0.4) is 0 Å². The van der Waals surface area contributed by atoms with E-state index in [1.54, 1.807) is 32.9 Å². The fraction of sp³-hybridized carbons (Fsp3) is 0.542. The molecule has 4 aromatic rings. The number of rotatable bonds is 52. The van der Waals surface area contributed by atoms with E-state index in [1.807, 2.05) is 86.2 Å². The van der Waals surface area contributed by atoms with E-state index in [2.05, 4.69) is 42.1 Å². The highest BCUT2D eigenvalue weighted by atomic mass is 16.5. The van der Waals surface area contributed by atoms with Gasteiger partial charge in [-0.15, -0.1) is 0 Å². The first-order valence-electron chi connectivity index (χ1n) is 45.6. The molecule has 40 heteroatoms. The van der Waals surface area contributed by atoms with Crippen molar-refractivity contribution in [1.82, 2.24) is 31.9 Å². The fourth-order valence-corrected chi connectivity index (χ4v) is 16.9. The van der Waals surface area contributed by atoms with Gasteiger partial charge in [-0.2, -0.15) is 0 Å². The second-order valence-corrected chi connectivity index (χ2v) is 36.5. The van der Waals surface area contributed by atoms with Gasteiger partial charge >= 0.3 is 29.9 Å². The summed E-state index contributed by atoms with van der Waals surface area (Å²) in [5.41, 5.74) is 3.80. The van der Waals surface area contributed by atoms with Gasteiger partial charge in [0.1, 0.15) is 74.1 Å². The number of unbranched alkanes of at least 4 members (excludes halogenated alkanes) is 1. The highest BCUT2D eigenvalue weighted by Gasteiger charge is 2.44. The monoisotopic (exact) mass is 1900 g/mol. The number of carboxylic acid groups (broad SMARTS) is 4. The normalized spacial score (nSPS) is 18.3. The largest absolute Gasteiger partial charge is 0.481 e. The number of Topliss-reactive ketones (excluding diaryl/α,β-unsaturated/α-hetero) is 5. The summed E-state index contributed by atoms with van der Waals surface area (Å²) >= 11 is 0. The lowest BCUT2D eigenvalue weighted by molar-refractivity contribution is -0.464. The number of aliphatic hydroxyl groups excluding tert-OH is 10. The molecular weight excluding hydrogens is 1770 g/mol. The van der Waals surface area contributed by atoms with E-state index in [-0.39, 0.29) is 73.0 Å². The first-order valence-corrected chi connectivity index (χ1v) is 45.6. The predicted molar refractivity (Wildman–Crippen MR) is 491 cm³/mol. The van der Waals surface area contributed by atoms with Gasteiger partial charge in [0.2, 0.25) is 23.6 Å². The molecule has 2 heterocycles. The highest BCUT2D eigenvalue weighted by Crippen LogP contribution is 2.48. The number of anilines is 3. The number of carboxylic acids is 4. The van der Waals surface area contributed by atoms with Crippen molar-refractivity contribution in [2.24, 2.45) is 23.2 Å². The molecule has 0 bridgehead atoms. The van der Waals surface area contributed by atoms with Gasteiger partial charge in [-0.25, -0.2) is 14.2 Å². The van der Waals surface area contributed by atoms with Crippen molar-refractivity contribution in [3.8, 4) is 5.75 Å². The maximum atomic E-state index is 15.1. The number of benzene rings is 4. The Bertz CT molecular complexity index is 5070. The Morgan fingerprint density at radius 2 is 1.13 bits per heavy atom. The van der Waals surface area contributed by atoms with Crippen LogP contribution in [0, 0.1) is 23.2 Å². The van der Waals surface area contributed by atoms with Gasteiger partial charge in [0.05, 0.1) is 61.3 Å². The minimum absolute atomic E-state index is 0.000372. The van der Waals surface area contributed by atoms with Crippen LogP contribution in [0.2, 0.25) is 0 Å². The van der Waals surface area contributed by atoms with Crippen molar-refractivity contribution in [3.63, 3.8) is 0 Å². The molecule has 2 aliphatic heterocycles. The number of carbonyl (C=O) groups excluding carboxylic acids is 11. The smallest absolute Gasteiger partial charge is 0.336 e. The first kappa shape index (κ1) is 109. The summed E-state index contributed by atoms with van der Waals surface area (Å²) in [6.07, 6.45) is -17.0. The van der Waals surface area contributed by atoms with Crippen LogP contribution in [0.15, 0.2) is 108 Å². The minimum Gasteiger partial charge on any atom is -0.481 e. The van der Waals surface area contributed by atoms with Crippen LogP contribution in [0.1, 0.15) is 215 Å². The van der Waals surface area contributed by atoms with Crippen LogP contribution in [-0.2, 0) is 52.7 Å². The zero-order valence-corrected chi connectivity index (χ0v) is 77.3. The zero-order chi connectivity index (χ0) is 100. The van der Waals surface area contributed by atoms with E-state index < -0.39 is 281 Å². The number of ether oxygens (including phenoxy) is 1. The number of aliphatic hydroxyl groups is 10. The number of carbonyl (C=O) groups is 15. The van der Waals surface area contributed by atoms with Gasteiger partial charge in [0.15, 0.2) is 28.8 Å². The molecule has 0 aromatic heterocycles. The molecule has 0 spiro atoms. The standard InChI is InChI=1S/C96H128N10O30/c1-96(2,3)79(116)45-64-60-21-11-12-22-69(60)106(57-19-9-8-10-20-57)48-68(85(64)123)103-95(135)100-56-18-15-17-51(38-56)70(109)40-53(24-35-82(119)120)91(129)101-66(31-33-80(117)98-46-73(112)86(124)88(126)75(114)49-107)71(110)41-54(25-36-83(121)122)92(130)102-67(32-34-81(118)99-47-74(113)87(125)89(127)76(115)50-108)72(111)42-55(93(131)132)16-13-14-37-97-90(128)52-23-28-61(65(39-52)94(133)134)84-62-29-26-58(104(4)5)43-77(62)136-78-44-59(105(6)7)27-30-63(78)84/h11-12,15,17-18,21-23,26-30,38-39,43,53-55,57,64,66-68,73-76,84,86-89,107-108,112-115,124-127H,8-10,13-14,16,19-20,24-25,31-37,40-42,44-50H2,1-7H3,(H10-,97,98,99,100,101,102,103,117,118,119,120,121,122,128,129,130,131,132,133,134,135)/p+1/t53-,54-,55+,64?,66+,67+,68+,73-,74-,75+,76+,84?,86+,87+,88+,89+/m0/s1. The average molecular weight is 1900 g/mol. The molecule has 2 unspecified atom stereocenters. The Balaban J connectivity index is 1.01. The molecule has 8 rings (SSSR count). The molecule has 742 valence electrons. The number of para-hydroxylation sites is 1. The second-order valence-electron chi connectivity index (χ2n) is 36.5. The van der Waals surface area contributed by atoms with Gasteiger partial charge in [-0.1, -0.05) is 88.9 Å². The molecule has 1 fully saturated rings. The van der Waals surface area contributed by atoms with Gasteiger partial charge in [0.25, 0.3) is 5.91 Å². The van der Waals surface area contributed by atoms with Gasteiger partial charge < -0.3 is 123 Å². The van der Waals surface area contributed by atoms with Crippen LogP contribution in [0.4, 0.5) is 21.9 Å². The van der Waals surface area contributed by atoms with Crippen LogP contribution in [0.5, 0.6) is 5.75 Å². The van der Waals surface area contributed by atoms with Crippen LogP contribution in [0.25, 0.3) is 0 Å². The third-order valence-corrected chi connectivity index (χ3v) is 25.1. The third-order valence-electron chi connectivity index (χ3n) is 25.1. The fourth-order valence-electron chi connectivity index (χ4n) is 16.9. The Morgan fingerprint density at radius 1 is 0.574 bits per heavy atom. The average Bonchev–Trinajstić information content (AvgIpc) is 1.57. The number of hydrogen-bond donors (Lipinski definition) is 21. The number of nitrogens with zero attached hydrogens (tertiary/aromatic N) is 3. The summed E-state index contributed by atoms with van der Waals surface area (Å²) in [7, 11) is 7.51. The van der Waals surface area contributed by atoms with E-state index in [9.17, 15) is 139 Å². The lowest BCUT2D eigenvalue weighted by Crippen LogP contribution is -2.52. The molecule has 2 aliphatic carbocycles. The molecular formula is C96H129N10O30+. The number of allylic oxidation sites excluding steroid dienone is 4. The number of fused-ring (bicyclic) bond motifs is 2. The number of aromatic carboxylic acids is 1. The second kappa shape index (κ2) is 51.2. The Kier molecular flexibility index (Phi) is 41.1. The van der Waals surface area contributed by atoms with Crippen molar-refractivity contribution in [3.05, 3.63) is 142 Å². The summed E-state index contributed by atoms with van der Waals surface area (Å²) in [6, 6.07) is 16.7. The van der Waals surface area contributed by atoms with Crippen LogP contribution >= 0.6 is 0 Å². The predicted octanol–water partition coefficient (Wildman–Crippen LogP) is 2.29. The van der Waals surface area contributed by atoms with Crippen molar-refractivity contribution >= 4 is 111 Å². The van der Waals surface area contributed by atoms with Crippen LogP contribution < -0.4 is 51.8 Å². The number of urea groups is 1. The number of hydrogen-bond acceptors (Lipinski definition) is 28. The molecule has 16 atom stereocenters. The Labute approximate surface area is 786 Å². The van der Waals surface area contributed by atoms with E-state index in [0.29, 0.717) is 34.6 Å².